The third kappa shape index (κ3) is 4.52. The minimum atomic E-state index is -3.83. The molecule has 1 aromatic rings. The van der Waals surface area contributed by atoms with Crippen LogP contribution in [-0.2, 0) is 30.2 Å². The number of carbonyl (C=O) groups excluding carboxylic acids is 1. The number of ether oxygens (including phenoxy) is 1. The van der Waals surface area contributed by atoms with Gasteiger partial charge in [-0.2, -0.15) is 0 Å². The topological polar surface area (TPSA) is 102 Å². The molecular formula is C13H18N2O5S2. The Bertz CT molecular complexity index is 750. The first kappa shape index (κ1) is 16.9. The van der Waals surface area contributed by atoms with Gasteiger partial charge in [0, 0.05) is 24.6 Å². The summed E-state index contributed by atoms with van der Waals surface area (Å²) in [5, 5.41) is 3.02. The van der Waals surface area contributed by atoms with E-state index in [9.17, 15) is 17.4 Å². The zero-order valence-corrected chi connectivity index (χ0v) is 13.8. The maximum atomic E-state index is 12.3. The summed E-state index contributed by atoms with van der Waals surface area (Å²) in [4.78, 5) is 11.3. The molecular weight excluding hydrogens is 328 g/mol. The second-order valence-electron chi connectivity index (χ2n) is 4.92. The maximum Gasteiger partial charge on any atom is 0.337 e. The summed E-state index contributed by atoms with van der Waals surface area (Å²) in [6, 6.07) is 6.02. The molecule has 9 heteroatoms. The van der Waals surface area contributed by atoms with Crippen molar-refractivity contribution in [1.82, 2.24) is 5.32 Å². The van der Waals surface area contributed by atoms with Gasteiger partial charge in [-0.1, -0.05) is 12.1 Å². The Hall–Kier alpha value is -1.45. The Morgan fingerprint density at radius 2 is 1.86 bits per heavy atom. The van der Waals surface area contributed by atoms with Gasteiger partial charge in [-0.15, -0.1) is 3.77 Å². The molecule has 0 atom stereocenters. The summed E-state index contributed by atoms with van der Waals surface area (Å²) < 4.78 is 44.7. The summed E-state index contributed by atoms with van der Waals surface area (Å²) in [5.74, 6) is -0.336. The van der Waals surface area contributed by atoms with Gasteiger partial charge in [0.2, 0.25) is 0 Å². The quantitative estimate of drug-likeness (QED) is 0.791. The van der Waals surface area contributed by atoms with Gasteiger partial charge in [0.1, 0.15) is 0 Å². The fourth-order valence-corrected chi connectivity index (χ4v) is 6.27. The monoisotopic (exact) mass is 346 g/mol. The van der Waals surface area contributed by atoms with E-state index < -0.39 is 25.7 Å². The average Bonchev–Trinajstić information content (AvgIpc) is 2.46. The van der Waals surface area contributed by atoms with Gasteiger partial charge in [0.25, 0.3) is 10.0 Å². The number of benzene rings is 1. The van der Waals surface area contributed by atoms with Crippen LogP contribution in [-0.4, -0.2) is 50.3 Å². The van der Waals surface area contributed by atoms with Crippen molar-refractivity contribution in [3.63, 3.8) is 0 Å². The van der Waals surface area contributed by atoms with Crippen molar-refractivity contribution in [3.05, 3.63) is 35.4 Å². The summed E-state index contributed by atoms with van der Waals surface area (Å²) in [5.41, 5.74) is 0.818. The first-order valence-corrected chi connectivity index (χ1v) is 10.1. The lowest BCUT2D eigenvalue weighted by atomic mass is 10.1. The molecule has 1 N–H and O–H groups in total. The summed E-state index contributed by atoms with van der Waals surface area (Å²) in [6.07, 6.45) is 0. The Kier molecular flexibility index (Phi) is 5.20. The van der Waals surface area contributed by atoms with Crippen LogP contribution >= 0.6 is 0 Å². The van der Waals surface area contributed by atoms with Crippen LogP contribution in [0.1, 0.15) is 15.9 Å². The lowest BCUT2D eigenvalue weighted by molar-refractivity contribution is 0.0600. The van der Waals surface area contributed by atoms with Crippen LogP contribution in [0, 0.1) is 0 Å². The fraction of sp³-hybridized carbons (Fsp3) is 0.462. The second-order valence-corrected chi connectivity index (χ2v) is 9.33. The Morgan fingerprint density at radius 3 is 2.41 bits per heavy atom. The van der Waals surface area contributed by atoms with E-state index in [1.165, 1.54) is 31.4 Å². The standard InChI is InChI=1S/C13H18N2O5S2/c1-20-13(16)12-4-2-11(3-5-12)10-22(18,19)15-21(17)8-6-14-7-9-21/h2-5,14H,6-10H2,1H3. The molecule has 1 saturated heterocycles. The highest BCUT2D eigenvalue weighted by atomic mass is 32.3. The second kappa shape index (κ2) is 6.76. The van der Waals surface area contributed by atoms with Crippen LogP contribution in [0.2, 0.25) is 0 Å². The van der Waals surface area contributed by atoms with Gasteiger partial charge in [-0.3, -0.25) is 0 Å². The van der Waals surface area contributed by atoms with Gasteiger partial charge >= 0.3 is 5.97 Å². The highest BCUT2D eigenvalue weighted by molar-refractivity contribution is 8.03. The zero-order chi connectivity index (χ0) is 16.2. The van der Waals surface area contributed by atoms with Gasteiger partial charge in [0.15, 0.2) is 0 Å². The molecule has 1 aliphatic heterocycles. The third-order valence-electron chi connectivity index (χ3n) is 3.17. The molecule has 1 fully saturated rings. The van der Waals surface area contributed by atoms with E-state index in [0.717, 1.165) is 0 Å². The molecule has 1 aromatic carbocycles. The molecule has 0 amide bonds. The molecule has 0 unspecified atom stereocenters. The number of nitrogens with one attached hydrogen (secondary N) is 1. The van der Waals surface area contributed by atoms with Crippen LogP contribution in [0.15, 0.2) is 28.0 Å². The predicted molar refractivity (Wildman–Crippen MR) is 83.6 cm³/mol. The lowest BCUT2D eigenvalue weighted by Crippen LogP contribution is -2.36. The molecule has 1 heterocycles. The van der Waals surface area contributed by atoms with Gasteiger partial charge in [-0.05, 0) is 17.7 Å². The van der Waals surface area contributed by atoms with Gasteiger partial charge < -0.3 is 10.1 Å². The smallest absolute Gasteiger partial charge is 0.337 e. The minimum Gasteiger partial charge on any atom is -0.465 e. The summed E-state index contributed by atoms with van der Waals surface area (Å²) >= 11 is 0. The first-order valence-electron chi connectivity index (χ1n) is 6.68. The summed E-state index contributed by atoms with van der Waals surface area (Å²) in [7, 11) is -5.25. The Labute approximate surface area is 130 Å². The number of hydrogen-bond acceptors (Lipinski definition) is 6. The van der Waals surface area contributed by atoms with Crippen molar-refractivity contribution in [2.24, 2.45) is 3.77 Å². The van der Waals surface area contributed by atoms with Gasteiger partial charge in [0.05, 0.1) is 28.2 Å². The number of methoxy groups -OCH3 is 1. The van der Waals surface area contributed by atoms with Crippen molar-refractivity contribution in [2.75, 3.05) is 31.7 Å². The Morgan fingerprint density at radius 1 is 1.27 bits per heavy atom. The molecule has 7 nitrogen and oxygen atoms in total. The van der Waals surface area contributed by atoms with Crippen molar-refractivity contribution >= 4 is 25.7 Å². The largest absolute Gasteiger partial charge is 0.465 e. The molecule has 0 bridgehead atoms. The Balaban J connectivity index is 2.17. The fourth-order valence-electron chi connectivity index (χ4n) is 2.06. The molecule has 0 radical (unpaired) electrons. The highest BCUT2D eigenvalue weighted by Crippen LogP contribution is 2.13. The van der Waals surface area contributed by atoms with Crippen molar-refractivity contribution in [1.29, 1.82) is 0 Å². The first-order chi connectivity index (χ1) is 10.3. The van der Waals surface area contributed by atoms with Crippen molar-refractivity contribution in [3.8, 4) is 0 Å². The normalized spacial score (nSPS) is 17.7. The van der Waals surface area contributed by atoms with Crippen LogP contribution < -0.4 is 5.32 Å². The number of rotatable bonds is 4. The molecule has 22 heavy (non-hydrogen) atoms. The maximum absolute atomic E-state index is 12.3. The van der Waals surface area contributed by atoms with E-state index in [2.05, 4.69) is 13.8 Å². The van der Waals surface area contributed by atoms with E-state index in [-0.39, 0.29) is 17.3 Å². The lowest BCUT2D eigenvalue weighted by Gasteiger charge is -2.16. The van der Waals surface area contributed by atoms with E-state index >= 15 is 0 Å². The average molecular weight is 346 g/mol. The number of carbonyl (C=O) groups is 1. The van der Waals surface area contributed by atoms with E-state index in [1.54, 1.807) is 0 Å². The van der Waals surface area contributed by atoms with Crippen LogP contribution in [0.5, 0.6) is 0 Å². The number of hydrogen-bond donors (Lipinski definition) is 1. The van der Waals surface area contributed by atoms with Crippen LogP contribution in [0.25, 0.3) is 0 Å². The van der Waals surface area contributed by atoms with E-state index in [4.69, 9.17) is 0 Å². The van der Waals surface area contributed by atoms with Crippen molar-refractivity contribution in [2.45, 2.75) is 5.75 Å². The summed E-state index contributed by atoms with van der Waals surface area (Å²) in [6.45, 7) is 1.01. The zero-order valence-electron chi connectivity index (χ0n) is 12.1. The SMILES string of the molecule is COC(=O)c1ccc(CS(=O)(=O)N=S2(=O)CCNCC2)cc1. The molecule has 0 saturated carbocycles. The van der Waals surface area contributed by atoms with Gasteiger partial charge in [-0.25, -0.2) is 17.4 Å². The highest BCUT2D eigenvalue weighted by Gasteiger charge is 2.20. The number of nitrogens with zero attached hydrogens (tertiary/aromatic N) is 1. The molecule has 0 spiro atoms. The molecule has 122 valence electrons. The van der Waals surface area contributed by atoms with E-state index in [0.29, 0.717) is 24.2 Å². The molecule has 0 aliphatic carbocycles. The minimum absolute atomic E-state index is 0.244. The van der Waals surface area contributed by atoms with Crippen LogP contribution in [0.4, 0.5) is 0 Å². The predicted octanol–water partition coefficient (Wildman–Crippen LogP) is 0.374. The number of sulfonamides is 1. The molecule has 0 aromatic heterocycles. The number of esters is 1. The van der Waals surface area contributed by atoms with E-state index in [1.807, 2.05) is 0 Å². The van der Waals surface area contributed by atoms with Crippen LogP contribution in [0.3, 0.4) is 0 Å². The third-order valence-corrected chi connectivity index (χ3v) is 7.55. The molecule has 1 aliphatic rings. The van der Waals surface area contributed by atoms with Crippen molar-refractivity contribution < 1.29 is 22.2 Å². The molecule has 2 rings (SSSR count).